The zero-order valence-corrected chi connectivity index (χ0v) is 18.4. The van der Waals surface area contributed by atoms with E-state index in [9.17, 15) is 9.59 Å². The molecular weight excluding hydrogens is 422 g/mol. The number of hydrogen-bond acceptors (Lipinski definition) is 6. The molecule has 1 fully saturated rings. The molecule has 8 heteroatoms. The summed E-state index contributed by atoms with van der Waals surface area (Å²) < 4.78 is 11.6. The standard InChI is InChI=1S/C25H25N3O5/c1-25(2,16-3-8-20(9-4-16)32-22-13-19(14-22)26-24(30)31)17-5-10-21(11-6-17)33-23-12-7-18(15-29)27-28-23/h3-12,15,19,22,26H,13-14H2,1-2H3,(H,30,31)/t19-,22-. The van der Waals surface area contributed by atoms with Crippen molar-refractivity contribution in [3.05, 3.63) is 77.5 Å². The van der Waals surface area contributed by atoms with Crippen LogP contribution in [-0.2, 0) is 5.41 Å². The van der Waals surface area contributed by atoms with Crippen molar-refractivity contribution in [3.8, 4) is 17.4 Å². The molecule has 170 valence electrons. The van der Waals surface area contributed by atoms with Gasteiger partial charge in [-0.1, -0.05) is 38.1 Å². The average Bonchev–Trinajstić information content (AvgIpc) is 2.78. The number of rotatable bonds is 8. The molecule has 1 saturated carbocycles. The molecule has 2 aromatic carbocycles. The van der Waals surface area contributed by atoms with Crippen LogP contribution in [0.4, 0.5) is 4.79 Å². The molecule has 1 aliphatic rings. The number of amides is 1. The number of carbonyl (C=O) groups excluding carboxylic acids is 1. The van der Waals surface area contributed by atoms with Gasteiger partial charge in [0.1, 0.15) is 23.3 Å². The van der Waals surface area contributed by atoms with E-state index in [0.717, 1.165) is 16.9 Å². The lowest BCUT2D eigenvalue weighted by molar-refractivity contribution is 0.0833. The van der Waals surface area contributed by atoms with Crippen LogP contribution in [0.5, 0.6) is 17.4 Å². The highest BCUT2D eigenvalue weighted by molar-refractivity contribution is 5.71. The Morgan fingerprint density at radius 1 is 0.970 bits per heavy atom. The maximum Gasteiger partial charge on any atom is 0.404 e. The summed E-state index contributed by atoms with van der Waals surface area (Å²) in [6.07, 6.45) is 1.04. The van der Waals surface area contributed by atoms with Crippen molar-refractivity contribution in [1.29, 1.82) is 0 Å². The van der Waals surface area contributed by atoms with E-state index in [-0.39, 0.29) is 23.3 Å². The average molecular weight is 447 g/mol. The first-order chi connectivity index (χ1) is 15.8. The fraction of sp³-hybridized carbons (Fsp3) is 0.280. The quantitative estimate of drug-likeness (QED) is 0.486. The van der Waals surface area contributed by atoms with Crippen LogP contribution in [0.2, 0.25) is 0 Å². The van der Waals surface area contributed by atoms with Gasteiger partial charge in [-0.05, 0) is 41.5 Å². The summed E-state index contributed by atoms with van der Waals surface area (Å²) in [5, 5.41) is 18.9. The molecule has 8 nitrogen and oxygen atoms in total. The zero-order valence-electron chi connectivity index (χ0n) is 18.4. The third-order valence-corrected chi connectivity index (χ3v) is 5.88. The highest BCUT2D eigenvalue weighted by atomic mass is 16.5. The lowest BCUT2D eigenvalue weighted by Crippen LogP contribution is -2.48. The second-order valence-corrected chi connectivity index (χ2v) is 8.55. The normalized spacial score (nSPS) is 17.5. The number of benzene rings is 2. The van der Waals surface area contributed by atoms with E-state index >= 15 is 0 Å². The minimum absolute atomic E-state index is 0.0274. The SMILES string of the molecule is CC(C)(c1ccc(Oc2ccc(C=O)nn2)cc1)c1ccc(O[C@H]2C[C@H](NC(=O)O)C2)cc1. The van der Waals surface area contributed by atoms with Gasteiger partial charge in [0.25, 0.3) is 0 Å². The van der Waals surface area contributed by atoms with Gasteiger partial charge in [-0.2, -0.15) is 0 Å². The van der Waals surface area contributed by atoms with Crippen molar-refractivity contribution in [2.24, 2.45) is 0 Å². The van der Waals surface area contributed by atoms with Crippen LogP contribution in [0, 0.1) is 0 Å². The zero-order chi connectivity index (χ0) is 23.4. The second-order valence-electron chi connectivity index (χ2n) is 8.55. The number of aromatic nitrogens is 2. The highest BCUT2D eigenvalue weighted by Gasteiger charge is 2.32. The summed E-state index contributed by atoms with van der Waals surface area (Å²) in [6, 6.07) is 18.9. The van der Waals surface area contributed by atoms with Crippen LogP contribution < -0.4 is 14.8 Å². The fourth-order valence-corrected chi connectivity index (χ4v) is 3.77. The number of carbonyl (C=O) groups is 2. The summed E-state index contributed by atoms with van der Waals surface area (Å²) in [6.45, 7) is 4.30. The molecule has 3 aromatic rings. The third kappa shape index (κ3) is 5.28. The van der Waals surface area contributed by atoms with E-state index < -0.39 is 6.09 Å². The molecule has 2 N–H and O–H groups in total. The van der Waals surface area contributed by atoms with E-state index in [4.69, 9.17) is 14.6 Å². The molecule has 33 heavy (non-hydrogen) atoms. The molecule has 1 amide bonds. The van der Waals surface area contributed by atoms with Crippen LogP contribution in [0.25, 0.3) is 0 Å². The lowest BCUT2D eigenvalue weighted by Gasteiger charge is -2.35. The summed E-state index contributed by atoms with van der Waals surface area (Å²) in [5.74, 6) is 1.72. The molecule has 0 bridgehead atoms. The number of nitrogens with zero attached hydrogens (tertiary/aromatic N) is 2. The van der Waals surface area contributed by atoms with Gasteiger partial charge in [0.15, 0.2) is 6.29 Å². The molecule has 4 rings (SSSR count). The summed E-state index contributed by atoms with van der Waals surface area (Å²) in [4.78, 5) is 21.3. The molecule has 1 aromatic heterocycles. The van der Waals surface area contributed by atoms with Crippen LogP contribution in [0.1, 0.15) is 48.3 Å². The van der Waals surface area contributed by atoms with E-state index in [1.165, 1.54) is 0 Å². The minimum Gasteiger partial charge on any atom is -0.490 e. The van der Waals surface area contributed by atoms with Crippen molar-refractivity contribution in [2.45, 2.75) is 44.2 Å². The molecule has 0 radical (unpaired) electrons. The van der Waals surface area contributed by atoms with Gasteiger partial charge in [0.05, 0.1) is 0 Å². The largest absolute Gasteiger partial charge is 0.490 e. The molecule has 0 saturated heterocycles. The molecule has 0 unspecified atom stereocenters. The first-order valence-electron chi connectivity index (χ1n) is 10.7. The Hall–Kier alpha value is -3.94. The Balaban J connectivity index is 1.37. The number of ether oxygens (including phenoxy) is 2. The third-order valence-electron chi connectivity index (χ3n) is 5.88. The monoisotopic (exact) mass is 447 g/mol. The highest BCUT2D eigenvalue weighted by Crippen LogP contribution is 2.34. The maximum absolute atomic E-state index is 10.7. The van der Waals surface area contributed by atoms with Gasteiger partial charge in [-0.3, -0.25) is 4.79 Å². The summed E-state index contributed by atoms with van der Waals surface area (Å²) in [7, 11) is 0. The summed E-state index contributed by atoms with van der Waals surface area (Å²) in [5.41, 5.74) is 2.27. The molecule has 0 atom stereocenters. The van der Waals surface area contributed by atoms with Crippen LogP contribution >= 0.6 is 0 Å². The Bertz CT molecular complexity index is 1110. The second kappa shape index (κ2) is 9.28. The van der Waals surface area contributed by atoms with E-state index in [2.05, 4.69) is 41.5 Å². The molecule has 1 heterocycles. The Kier molecular flexibility index (Phi) is 6.26. The molecule has 0 aliphatic heterocycles. The van der Waals surface area contributed by atoms with Crippen molar-refractivity contribution < 1.29 is 24.2 Å². The van der Waals surface area contributed by atoms with E-state index in [0.29, 0.717) is 30.8 Å². The minimum atomic E-state index is -0.994. The Morgan fingerprint density at radius 3 is 2.09 bits per heavy atom. The van der Waals surface area contributed by atoms with Gasteiger partial charge >= 0.3 is 6.09 Å². The Morgan fingerprint density at radius 2 is 1.58 bits per heavy atom. The van der Waals surface area contributed by atoms with Gasteiger partial charge in [-0.15, -0.1) is 10.2 Å². The first-order valence-corrected chi connectivity index (χ1v) is 10.7. The molecular formula is C25H25N3O5. The van der Waals surface area contributed by atoms with Gasteiger partial charge < -0.3 is 19.9 Å². The van der Waals surface area contributed by atoms with Gasteiger partial charge in [0, 0.05) is 30.4 Å². The van der Waals surface area contributed by atoms with Gasteiger partial charge in [-0.25, -0.2) is 4.79 Å². The number of aldehydes is 1. The topological polar surface area (TPSA) is 111 Å². The van der Waals surface area contributed by atoms with Crippen molar-refractivity contribution >= 4 is 12.4 Å². The smallest absolute Gasteiger partial charge is 0.404 e. The van der Waals surface area contributed by atoms with Crippen LogP contribution in [0.3, 0.4) is 0 Å². The number of carboxylic acid groups (broad SMARTS) is 1. The Labute approximate surface area is 191 Å². The van der Waals surface area contributed by atoms with Crippen molar-refractivity contribution in [2.75, 3.05) is 0 Å². The number of hydrogen-bond donors (Lipinski definition) is 2. The predicted octanol–water partition coefficient (Wildman–Crippen LogP) is 4.58. The maximum atomic E-state index is 10.7. The van der Waals surface area contributed by atoms with Crippen LogP contribution in [-0.4, -0.2) is 39.8 Å². The summed E-state index contributed by atoms with van der Waals surface area (Å²) >= 11 is 0. The van der Waals surface area contributed by atoms with E-state index in [1.807, 2.05) is 36.4 Å². The van der Waals surface area contributed by atoms with E-state index in [1.54, 1.807) is 12.1 Å². The molecule has 1 aliphatic carbocycles. The predicted molar refractivity (Wildman–Crippen MR) is 121 cm³/mol. The first kappa shape index (κ1) is 22.3. The van der Waals surface area contributed by atoms with Gasteiger partial charge in [0.2, 0.25) is 5.88 Å². The molecule has 0 spiro atoms. The lowest BCUT2D eigenvalue weighted by atomic mass is 9.78. The van der Waals surface area contributed by atoms with Crippen LogP contribution in [0.15, 0.2) is 60.7 Å². The number of nitrogens with one attached hydrogen (secondary N) is 1. The van der Waals surface area contributed by atoms with Crippen molar-refractivity contribution in [3.63, 3.8) is 0 Å². The van der Waals surface area contributed by atoms with Crippen molar-refractivity contribution in [1.82, 2.24) is 15.5 Å². The fourth-order valence-electron chi connectivity index (χ4n) is 3.77.